The summed E-state index contributed by atoms with van der Waals surface area (Å²) in [6, 6.07) is -5.39. The molecule has 444 valence electrons. The summed E-state index contributed by atoms with van der Waals surface area (Å²) < 4.78 is 50.9. The maximum absolute atomic E-state index is 13.5. The normalized spacial score (nSPS) is 43.2. The van der Waals surface area contributed by atoms with Crippen LogP contribution in [0.4, 0.5) is 0 Å². The van der Waals surface area contributed by atoms with Crippen molar-refractivity contribution in [2.45, 2.75) is 198 Å². The Labute approximate surface area is 434 Å². The molecule has 3 unspecified atom stereocenters. The van der Waals surface area contributed by atoms with Crippen LogP contribution in [0.3, 0.4) is 0 Å². The molecular weight excluding hydrogens is 1060 g/mol. The van der Waals surface area contributed by atoms with Gasteiger partial charge < -0.3 is 150 Å². The zero-order chi connectivity index (χ0) is 57.8. The number of carbonyl (C=O) groups excluding carboxylic acids is 3. The smallest absolute Gasteiger partial charge is 0.364 e. The van der Waals surface area contributed by atoms with Crippen LogP contribution in [0, 0.1) is 0 Å². The average Bonchev–Trinajstić information content (AvgIpc) is 3.38. The number of carboxylic acid groups (broad SMARTS) is 2. The summed E-state index contributed by atoms with van der Waals surface area (Å²) in [5.41, 5.74) is 0. The Hall–Kier alpha value is -3.65. The molecule has 0 radical (unpaired) electrons. The highest BCUT2D eigenvalue weighted by Gasteiger charge is 2.64. The number of aliphatic carboxylic acids is 2. The largest absolute Gasteiger partial charge is 0.477 e. The third-order valence-corrected chi connectivity index (χ3v) is 13.5. The van der Waals surface area contributed by atoms with Gasteiger partial charge in [0.1, 0.15) is 110 Å². The van der Waals surface area contributed by atoms with Gasteiger partial charge in [0.05, 0.1) is 57.3 Å². The minimum absolute atomic E-state index is 0.759. The summed E-state index contributed by atoms with van der Waals surface area (Å²) >= 11 is 0. The van der Waals surface area contributed by atoms with Gasteiger partial charge in [0.25, 0.3) is 11.6 Å². The fourth-order valence-corrected chi connectivity index (χ4v) is 9.65. The second-order valence-electron chi connectivity index (χ2n) is 19.0. The van der Waals surface area contributed by atoms with E-state index in [1.165, 1.54) is 0 Å². The number of aliphatic hydroxyl groups excluding tert-OH is 16. The van der Waals surface area contributed by atoms with E-state index in [4.69, 9.17) is 42.6 Å². The Morgan fingerprint density at radius 3 is 1.43 bits per heavy atom. The van der Waals surface area contributed by atoms with E-state index in [1.54, 1.807) is 0 Å². The van der Waals surface area contributed by atoms with Gasteiger partial charge in [0, 0.05) is 33.6 Å². The number of ether oxygens (including phenoxy) is 9. The molecule has 5 heterocycles. The molecule has 5 fully saturated rings. The number of carbonyl (C=O) groups is 5. The standard InChI is InChI=1S/C42H69N3O32/c1-11(51)43-21-14(54)4-41(39(65)66,75-32(21)24(58)16(56)6-46)74-30(17(57)7-47)33-22(44-12(2)52)15(55)5-42(76-33,40(67)68)77-35-26(60)19(9-49)71-38(29(35)63)73-34-25(59)18(8-48)70-37(28(34)62)72-31-20(10-50)69-36(64)23(27(31)61)45-13(3)53/h14-38,46-50,54-64H,4-10H2,1-3H3,(H,43,51)(H,44,52)(H,45,53)(H,65,66)(H,67,68)/t14-,15-,16+,17+,18+,19+,20+,21+,22+,23+,24+,25-,26-,27+,28+,29+,30+,31+,32+,33+,34-,35-,36?,37?,38?,41+,42-/m0/s1. The second-order valence-corrected chi connectivity index (χ2v) is 19.0. The predicted octanol–water partition coefficient (Wildman–Crippen LogP) is -13.1. The van der Waals surface area contributed by atoms with Crippen LogP contribution in [0.25, 0.3) is 0 Å². The van der Waals surface area contributed by atoms with E-state index < -0.39 is 240 Å². The monoisotopic (exact) mass is 1130 g/mol. The van der Waals surface area contributed by atoms with Crippen molar-refractivity contribution < 1.29 is 159 Å². The quantitative estimate of drug-likeness (QED) is 0.0479. The fourth-order valence-electron chi connectivity index (χ4n) is 9.65. The molecule has 27 atom stereocenters. The van der Waals surface area contributed by atoms with E-state index in [-0.39, 0.29) is 0 Å². The van der Waals surface area contributed by atoms with Crippen molar-refractivity contribution >= 4 is 29.7 Å². The van der Waals surface area contributed by atoms with Gasteiger partial charge >= 0.3 is 11.9 Å². The second kappa shape index (κ2) is 26.7. The van der Waals surface area contributed by atoms with Gasteiger partial charge in [-0.05, 0) is 0 Å². The lowest BCUT2D eigenvalue weighted by atomic mass is 9.86. The van der Waals surface area contributed by atoms with E-state index in [9.17, 15) is 116 Å². The van der Waals surface area contributed by atoms with Crippen molar-refractivity contribution in [1.82, 2.24) is 16.0 Å². The van der Waals surface area contributed by atoms with Crippen LogP contribution in [0.1, 0.15) is 33.6 Å². The Kier molecular flexibility index (Phi) is 22.3. The van der Waals surface area contributed by atoms with Crippen LogP contribution < -0.4 is 16.0 Å². The minimum atomic E-state index is -3.50. The van der Waals surface area contributed by atoms with Crippen molar-refractivity contribution in [1.29, 1.82) is 0 Å². The number of carboxylic acids is 2. The number of rotatable bonds is 22. The van der Waals surface area contributed by atoms with Crippen molar-refractivity contribution in [3.8, 4) is 0 Å². The van der Waals surface area contributed by atoms with Gasteiger partial charge in [-0.25, -0.2) is 9.59 Å². The van der Waals surface area contributed by atoms with Gasteiger partial charge in [0.2, 0.25) is 17.7 Å². The minimum Gasteiger partial charge on any atom is -0.477 e. The van der Waals surface area contributed by atoms with Crippen molar-refractivity contribution in [2.75, 3.05) is 33.0 Å². The molecular formula is C42H69N3O32. The maximum atomic E-state index is 13.5. The first-order valence-electron chi connectivity index (χ1n) is 23.9. The molecule has 77 heavy (non-hydrogen) atoms. The highest BCUT2D eigenvalue weighted by atomic mass is 16.8. The van der Waals surface area contributed by atoms with E-state index in [1.807, 2.05) is 0 Å². The lowest BCUT2D eigenvalue weighted by molar-refractivity contribution is -0.396. The van der Waals surface area contributed by atoms with Crippen molar-refractivity contribution in [3.05, 3.63) is 0 Å². The zero-order valence-corrected chi connectivity index (χ0v) is 41.1. The molecule has 35 heteroatoms. The molecule has 5 aliphatic heterocycles. The molecule has 3 amide bonds. The zero-order valence-electron chi connectivity index (χ0n) is 41.1. The van der Waals surface area contributed by atoms with Crippen LogP contribution in [-0.4, -0.2) is 319 Å². The third kappa shape index (κ3) is 13.9. The SMILES string of the molecule is CC(=O)N[C@H]1[C@H]([C@H](O[C@]2(C(=O)O)C[C@H](O)[C@@H](NC(C)=O)[C@H]([C@H](O)[C@H](O)CO)O2)[C@H](O)CO)O[C@@](O[C@H]2[C@@H](O)[C@@H](CO)OC(O[C@H]3[C@@H](O)[C@@H](CO)OC(O[C@H]4[C@H](O)[C@@H](NC(C)=O)C(O)O[C@@H]4CO)[C@@H]3O)[C@@H]2O)(C(=O)O)C[C@@H]1O. The van der Waals surface area contributed by atoms with Crippen LogP contribution in [-0.2, 0) is 66.6 Å². The van der Waals surface area contributed by atoms with Crippen LogP contribution >= 0.6 is 0 Å². The molecule has 0 aromatic rings. The van der Waals surface area contributed by atoms with E-state index in [0.717, 1.165) is 20.8 Å². The van der Waals surface area contributed by atoms with Gasteiger partial charge in [-0.3, -0.25) is 14.4 Å². The predicted molar refractivity (Wildman–Crippen MR) is 236 cm³/mol. The van der Waals surface area contributed by atoms with E-state index in [0.29, 0.717) is 0 Å². The number of hydrogen-bond donors (Lipinski definition) is 21. The lowest BCUT2D eigenvalue weighted by Crippen LogP contribution is -2.73. The Morgan fingerprint density at radius 2 is 0.961 bits per heavy atom. The summed E-state index contributed by atoms with van der Waals surface area (Å²) in [4.78, 5) is 63.3. The molecule has 0 aromatic heterocycles. The summed E-state index contributed by atoms with van der Waals surface area (Å²) in [6.07, 6.45) is -50.6. The topological polar surface area (TPSA) is 569 Å². The highest BCUT2D eigenvalue weighted by Crippen LogP contribution is 2.42. The highest BCUT2D eigenvalue weighted by molar-refractivity contribution is 5.78. The number of nitrogens with one attached hydrogen (secondary N) is 3. The van der Waals surface area contributed by atoms with Crippen LogP contribution in [0.5, 0.6) is 0 Å². The molecule has 0 spiro atoms. The maximum Gasteiger partial charge on any atom is 0.364 e. The lowest BCUT2D eigenvalue weighted by Gasteiger charge is -2.52. The first-order valence-corrected chi connectivity index (χ1v) is 23.9. The average molecular weight is 1130 g/mol. The first-order chi connectivity index (χ1) is 36.0. The molecule has 5 saturated heterocycles. The molecule has 21 N–H and O–H groups in total. The molecule has 0 bridgehead atoms. The summed E-state index contributed by atoms with van der Waals surface area (Å²) in [5, 5.41) is 202. The molecule has 35 nitrogen and oxygen atoms in total. The Bertz CT molecular complexity index is 2000. The van der Waals surface area contributed by atoms with Gasteiger partial charge in [-0.2, -0.15) is 0 Å². The first kappa shape index (κ1) is 64.2. The molecule has 0 saturated carbocycles. The van der Waals surface area contributed by atoms with E-state index >= 15 is 0 Å². The molecule has 5 rings (SSSR count). The molecule has 0 aromatic carbocycles. The summed E-state index contributed by atoms with van der Waals surface area (Å²) in [6.45, 7) is -3.04. The van der Waals surface area contributed by atoms with Crippen LogP contribution in [0.2, 0.25) is 0 Å². The third-order valence-electron chi connectivity index (χ3n) is 13.5. The van der Waals surface area contributed by atoms with Gasteiger partial charge in [-0.15, -0.1) is 0 Å². The molecule has 5 aliphatic rings. The molecule has 0 aliphatic carbocycles. The Balaban J connectivity index is 1.51. The summed E-state index contributed by atoms with van der Waals surface area (Å²) in [5.74, 6) is -14.0. The van der Waals surface area contributed by atoms with Gasteiger partial charge in [-0.1, -0.05) is 0 Å². The van der Waals surface area contributed by atoms with Crippen LogP contribution in [0.15, 0.2) is 0 Å². The fraction of sp³-hybridized carbons (Fsp3) is 0.881. The summed E-state index contributed by atoms with van der Waals surface area (Å²) in [7, 11) is 0. The van der Waals surface area contributed by atoms with Crippen molar-refractivity contribution in [3.63, 3.8) is 0 Å². The van der Waals surface area contributed by atoms with E-state index in [2.05, 4.69) is 16.0 Å². The Morgan fingerprint density at radius 1 is 0.532 bits per heavy atom. The number of amides is 3. The number of aliphatic hydroxyl groups is 16. The number of hydrogen-bond acceptors (Lipinski definition) is 30. The van der Waals surface area contributed by atoms with Gasteiger partial charge in [0.15, 0.2) is 18.9 Å². The van der Waals surface area contributed by atoms with Crippen molar-refractivity contribution in [2.24, 2.45) is 0 Å².